The molecule has 0 fully saturated rings. The maximum atomic E-state index is 12.5. The van der Waals surface area contributed by atoms with Gasteiger partial charge in [0.05, 0.1) is 25.4 Å². The van der Waals surface area contributed by atoms with E-state index in [4.69, 9.17) is 4.74 Å². The molecule has 0 aliphatic heterocycles. The van der Waals surface area contributed by atoms with E-state index in [0.717, 1.165) is 57.8 Å². The van der Waals surface area contributed by atoms with E-state index in [1.807, 2.05) is 0 Å². The summed E-state index contributed by atoms with van der Waals surface area (Å²) in [6, 6.07) is -0.548. The first kappa shape index (κ1) is 61.3. The standard InChI is InChI=1S/C57H109NO5/c1-3-5-7-9-11-13-15-17-19-20-22-25-29-33-37-41-45-49-55(60)54(53-59)58-56(61)50-46-42-38-34-30-26-23-21-24-28-32-36-40-44-48-52-63-57(62)51-47-43-39-35-31-27-18-16-14-12-10-8-6-4-2/h10,12,16,18,54-55,59-60H,3-9,11,13-15,17,19-53H2,1-2H3,(H,58,61)/b12-10-,18-16-. The summed E-state index contributed by atoms with van der Waals surface area (Å²) in [6.07, 6.45) is 63.0. The number of hydrogen-bond acceptors (Lipinski definition) is 5. The second-order valence-electron chi connectivity index (χ2n) is 19.3. The molecule has 0 aromatic heterocycles. The molecule has 0 aliphatic carbocycles. The van der Waals surface area contributed by atoms with Gasteiger partial charge in [0.1, 0.15) is 0 Å². The SMILES string of the molecule is CCCC/C=C\C/C=C\CCCCCCCC(=O)OCCCCCCCCCCCCCCCCCC(=O)NC(CO)C(O)CCCCCCCCCCCCCCCCCCC. The van der Waals surface area contributed by atoms with Crippen molar-refractivity contribution < 1.29 is 24.5 Å². The molecule has 0 aromatic rings. The van der Waals surface area contributed by atoms with Gasteiger partial charge in [-0.3, -0.25) is 9.59 Å². The topological polar surface area (TPSA) is 95.9 Å². The Morgan fingerprint density at radius 1 is 0.444 bits per heavy atom. The second kappa shape index (κ2) is 53.0. The van der Waals surface area contributed by atoms with Gasteiger partial charge in [0.15, 0.2) is 0 Å². The van der Waals surface area contributed by atoms with Crippen LogP contribution in [-0.2, 0) is 14.3 Å². The minimum atomic E-state index is -0.670. The summed E-state index contributed by atoms with van der Waals surface area (Å²) in [5.74, 6) is -0.0559. The smallest absolute Gasteiger partial charge is 0.305 e. The van der Waals surface area contributed by atoms with Gasteiger partial charge in [-0.1, -0.05) is 263 Å². The molecule has 0 saturated heterocycles. The summed E-state index contributed by atoms with van der Waals surface area (Å²) in [7, 11) is 0. The maximum Gasteiger partial charge on any atom is 0.305 e. The van der Waals surface area contributed by atoms with Crippen molar-refractivity contribution in [3.63, 3.8) is 0 Å². The number of carbonyl (C=O) groups excluding carboxylic acids is 2. The zero-order valence-electron chi connectivity index (χ0n) is 42.3. The third kappa shape index (κ3) is 49.6. The fourth-order valence-electron chi connectivity index (χ4n) is 8.66. The number of ether oxygens (including phenoxy) is 1. The molecule has 0 saturated carbocycles. The molecule has 63 heavy (non-hydrogen) atoms. The summed E-state index contributed by atoms with van der Waals surface area (Å²) in [6.45, 7) is 4.90. The molecular formula is C57H109NO5. The van der Waals surface area contributed by atoms with Crippen molar-refractivity contribution >= 4 is 11.9 Å². The lowest BCUT2D eigenvalue weighted by Gasteiger charge is -2.22. The zero-order valence-corrected chi connectivity index (χ0v) is 42.3. The zero-order chi connectivity index (χ0) is 45.8. The summed E-state index contributed by atoms with van der Waals surface area (Å²) in [4.78, 5) is 24.5. The molecule has 0 heterocycles. The van der Waals surface area contributed by atoms with Gasteiger partial charge < -0.3 is 20.3 Å². The molecule has 1 amide bonds. The lowest BCUT2D eigenvalue weighted by atomic mass is 10.0. The largest absolute Gasteiger partial charge is 0.466 e. The van der Waals surface area contributed by atoms with Crippen LogP contribution in [0.25, 0.3) is 0 Å². The monoisotopic (exact) mass is 888 g/mol. The summed E-state index contributed by atoms with van der Waals surface area (Å²) >= 11 is 0. The Kier molecular flexibility index (Phi) is 51.6. The number of rotatable bonds is 52. The molecule has 0 aromatic carbocycles. The van der Waals surface area contributed by atoms with Crippen LogP contribution in [0.2, 0.25) is 0 Å². The van der Waals surface area contributed by atoms with E-state index in [2.05, 4.69) is 43.5 Å². The number of hydrogen-bond donors (Lipinski definition) is 3. The van der Waals surface area contributed by atoms with E-state index >= 15 is 0 Å². The first-order valence-electron chi connectivity index (χ1n) is 28.1. The van der Waals surface area contributed by atoms with Crippen LogP contribution >= 0.6 is 0 Å². The van der Waals surface area contributed by atoms with Crippen molar-refractivity contribution in [2.45, 2.75) is 315 Å². The van der Waals surface area contributed by atoms with Crippen LogP contribution in [0.15, 0.2) is 24.3 Å². The van der Waals surface area contributed by atoms with Crippen molar-refractivity contribution in [3.05, 3.63) is 24.3 Å². The van der Waals surface area contributed by atoms with Gasteiger partial charge in [0.25, 0.3) is 0 Å². The number of aliphatic hydroxyl groups is 2. The Morgan fingerprint density at radius 3 is 1.25 bits per heavy atom. The molecule has 3 N–H and O–H groups in total. The predicted octanol–water partition coefficient (Wildman–Crippen LogP) is 17.1. The highest BCUT2D eigenvalue weighted by Gasteiger charge is 2.20. The lowest BCUT2D eigenvalue weighted by molar-refractivity contribution is -0.143. The molecule has 0 radical (unpaired) electrons. The fraction of sp³-hybridized carbons (Fsp3) is 0.895. The van der Waals surface area contributed by atoms with Crippen molar-refractivity contribution in [2.75, 3.05) is 13.2 Å². The van der Waals surface area contributed by atoms with E-state index in [1.54, 1.807) is 0 Å². The molecule has 6 heteroatoms. The molecule has 372 valence electrons. The van der Waals surface area contributed by atoms with Crippen molar-refractivity contribution in [3.8, 4) is 0 Å². The van der Waals surface area contributed by atoms with Crippen LogP contribution in [0.4, 0.5) is 0 Å². The van der Waals surface area contributed by atoms with Gasteiger partial charge >= 0.3 is 5.97 Å². The Bertz CT molecular complexity index is 982. The normalized spacial score (nSPS) is 12.8. The van der Waals surface area contributed by atoms with Gasteiger partial charge in [-0.25, -0.2) is 0 Å². The quantitative estimate of drug-likeness (QED) is 0.0321. The Balaban J connectivity index is 3.44. The maximum absolute atomic E-state index is 12.5. The van der Waals surface area contributed by atoms with Crippen LogP contribution < -0.4 is 5.32 Å². The van der Waals surface area contributed by atoms with Gasteiger partial charge in [0.2, 0.25) is 5.91 Å². The van der Waals surface area contributed by atoms with Gasteiger partial charge in [-0.05, 0) is 51.4 Å². The van der Waals surface area contributed by atoms with Gasteiger partial charge in [0, 0.05) is 12.8 Å². The van der Waals surface area contributed by atoms with Crippen LogP contribution in [0.1, 0.15) is 303 Å². The average molecular weight is 889 g/mol. The third-order valence-electron chi connectivity index (χ3n) is 13.0. The van der Waals surface area contributed by atoms with Crippen LogP contribution in [0, 0.1) is 0 Å². The van der Waals surface area contributed by atoms with E-state index in [-0.39, 0.29) is 18.5 Å². The molecule has 2 atom stereocenters. The van der Waals surface area contributed by atoms with Crippen molar-refractivity contribution in [1.82, 2.24) is 5.32 Å². The summed E-state index contributed by atoms with van der Waals surface area (Å²) in [5, 5.41) is 23.3. The highest BCUT2D eigenvalue weighted by molar-refractivity contribution is 5.76. The van der Waals surface area contributed by atoms with E-state index < -0.39 is 12.1 Å². The number of unbranched alkanes of at least 4 members (excludes halogenated alkanes) is 37. The minimum absolute atomic E-state index is 0.0136. The number of nitrogens with one attached hydrogen (secondary N) is 1. The van der Waals surface area contributed by atoms with E-state index in [9.17, 15) is 19.8 Å². The predicted molar refractivity (Wildman–Crippen MR) is 273 cm³/mol. The van der Waals surface area contributed by atoms with Crippen LogP contribution in [0.5, 0.6) is 0 Å². The van der Waals surface area contributed by atoms with Crippen molar-refractivity contribution in [2.24, 2.45) is 0 Å². The number of esters is 1. The molecule has 0 spiro atoms. The number of aliphatic hydroxyl groups excluding tert-OH is 2. The van der Waals surface area contributed by atoms with E-state index in [1.165, 1.54) is 212 Å². The molecule has 2 unspecified atom stereocenters. The Labute approximate surface area is 392 Å². The number of allylic oxidation sites excluding steroid dienone is 4. The summed E-state index contributed by atoms with van der Waals surface area (Å²) in [5.41, 5.74) is 0. The Hall–Kier alpha value is -1.66. The first-order valence-corrected chi connectivity index (χ1v) is 28.1. The van der Waals surface area contributed by atoms with E-state index in [0.29, 0.717) is 25.9 Å². The summed E-state index contributed by atoms with van der Waals surface area (Å²) < 4.78 is 5.46. The van der Waals surface area contributed by atoms with Gasteiger partial charge in [-0.2, -0.15) is 0 Å². The van der Waals surface area contributed by atoms with Crippen molar-refractivity contribution in [1.29, 1.82) is 0 Å². The Morgan fingerprint density at radius 2 is 0.810 bits per heavy atom. The lowest BCUT2D eigenvalue weighted by Crippen LogP contribution is -2.45. The molecular weight excluding hydrogens is 779 g/mol. The van der Waals surface area contributed by atoms with Crippen LogP contribution in [-0.4, -0.2) is 47.4 Å². The minimum Gasteiger partial charge on any atom is -0.466 e. The van der Waals surface area contributed by atoms with Gasteiger partial charge in [-0.15, -0.1) is 0 Å². The highest BCUT2D eigenvalue weighted by atomic mass is 16.5. The third-order valence-corrected chi connectivity index (χ3v) is 13.0. The highest BCUT2D eigenvalue weighted by Crippen LogP contribution is 2.17. The van der Waals surface area contributed by atoms with Crippen LogP contribution in [0.3, 0.4) is 0 Å². The molecule has 0 aliphatic rings. The second-order valence-corrected chi connectivity index (χ2v) is 19.3. The first-order chi connectivity index (χ1) is 31.0. The number of carbonyl (C=O) groups is 2. The fourth-order valence-corrected chi connectivity index (χ4v) is 8.66. The number of amides is 1. The molecule has 0 rings (SSSR count). The molecule has 0 bridgehead atoms. The molecule has 6 nitrogen and oxygen atoms in total. The average Bonchev–Trinajstić information content (AvgIpc) is 3.28.